The number of nitrogens with one attached hydrogen (secondary N) is 3. The predicted octanol–water partition coefficient (Wildman–Crippen LogP) is 5.78. The number of nitriles is 1. The van der Waals surface area contributed by atoms with Gasteiger partial charge in [0, 0.05) is 31.1 Å². The van der Waals surface area contributed by atoms with Crippen LogP contribution in [-0.2, 0) is 11.3 Å². The summed E-state index contributed by atoms with van der Waals surface area (Å²) >= 11 is 0. The summed E-state index contributed by atoms with van der Waals surface area (Å²) in [6.45, 7) is 10.1. The molecule has 1 saturated carbocycles. The summed E-state index contributed by atoms with van der Waals surface area (Å²) in [5.74, 6) is 0.166. The molecule has 0 radical (unpaired) electrons. The zero-order valence-corrected chi connectivity index (χ0v) is 25.2. The van der Waals surface area contributed by atoms with E-state index in [1.54, 1.807) is 46.4 Å². The number of anilines is 3. The Kier molecular flexibility index (Phi) is 11.6. The second-order valence-corrected chi connectivity index (χ2v) is 11.2. The number of halogens is 1. The third kappa shape index (κ3) is 9.98. The van der Waals surface area contributed by atoms with Crippen LogP contribution in [-0.4, -0.2) is 59.8 Å². The van der Waals surface area contributed by atoms with Gasteiger partial charge in [-0.3, -0.25) is 9.98 Å². The van der Waals surface area contributed by atoms with Gasteiger partial charge in [-0.2, -0.15) is 5.26 Å². The number of aromatic nitrogens is 2. The van der Waals surface area contributed by atoms with Gasteiger partial charge in [-0.05, 0) is 65.0 Å². The number of carbonyl (C=O) groups excluding carboxylic acids is 1. The summed E-state index contributed by atoms with van der Waals surface area (Å²) < 4.78 is 26.4. The first kappa shape index (κ1) is 32.2. The van der Waals surface area contributed by atoms with Crippen LogP contribution in [0.2, 0.25) is 0 Å². The molecule has 0 unspecified atom stereocenters. The number of aliphatic imine (C=N–C) groups is 2. The van der Waals surface area contributed by atoms with E-state index < -0.39 is 17.5 Å². The molecule has 12 heteroatoms. The molecule has 1 aliphatic rings. The minimum absolute atomic E-state index is 0.0256. The van der Waals surface area contributed by atoms with Crippen molar-refractivity contribution in [3.8, 4) is 11.9 Å². The Labute approximate surface area is 247 Å². The van der Waals surface area contributed by atoms with E-state index in [2.05, 4.69) is 42.8 Å². The first-order valence-electron chi connectivity index (χ1n) is 14.2. The van der Waals surface area contributed by atoms with Crippen LogP contribution in [0.4, 0.5) is 26.5 Å². The van der Waals surface area contributed by atoms with Crippen molar-refractivity contribution in [1.29, 1.82) is 5.26 Å². The maximum Gasteiger partial charge on any atom is 0.407 e. The molecule has 0 bridgehead atoms. The van der Waals surface area contributed by atoms with E-state index in [1.165, 1.54) is 0 Å². The number of amides is 1. The van der Waals surface area contributed by atoms with Crippen molar-refractivity contribution in [3.63, 3.8) is 0 Å². The van der Waals surface area contributed by atoms with Gasteiger partial charge in [-0.1, -0.05) is 13.3 Å². The maximum atomic E-state index is 15.1. The summed E-state index contributed by atoms with van der Waals surface area (Å²) in [6, 6.07) is 4.29. The van der Waals surface area contributed by atoms with E-state index in [9.17, 15) is 10.1 Å². The fraction of sp³-hybridized carbons (Fsp3) is 0.533. The lowest BCUT2D eigenvalue weighted by atomic mass is 10.0. The summed E-state index contributed by atoms with van der Waals surface area (Å²) in [5.41, 5.74) is 0.653. The zero-order valence-electron chi connectivity index (χ0n) is 25.2. The average molecular weight is 581 g/mol. The molecule has 1 fully saturated rings. The molecule has 11 nitrogen and oxygen atoms in total. The monoisotopic (exact) mass is 580 g/mol. The van der Waals surface area contributed by atoms with Crippen molar-refractivity contribution in [2.75, 3.05) is 24.3 Å². The third-order valence-electron chi connectivity index (χ3n) is 6.32. The van der Waals surface area contributed by atoms with E-state index in [4.69, 9.17) is 9.47 Å². The number of ether oxygens (including phenoxy) is 2. The number of rotatable bonds is 14. The quantitative estimate of drug-likeness (QED) is 0.188. The van der Waals surface area contributed by atoms with Gasteiger partial charge in [0.05, 0.1) is 36.6 Å². The minimum atomic E-state index is -0.669. The maximum absolute atomic E-state index is 15.1. The third-order valence-corrected chi connectivity index (χ3v) is 6.32. The molecule has 226 valence electrons. The standard InChI is InChI=1S/C30H41FN8O3/c1-7-8-13-41-28-22(17-34-12-11-33-6)14-23(18-35-28)37-26-21(16-32)15-24(31)27(39-26)38-25(20-9-10-20)19(2)36-29(40)42-30(3,4)5/h11-12,14-15,18-20,25H,7-10,13,17H2,1-6H3,(H,36,40)(H2,37,38,39)/t19-,25-/m0/s1. The molecule has 0 spiro atoms. The van der Waals surface area contributed by atoms with Gasteiger partial charge in [-0.25, -0.2) is 19.2 Å². The Balaban J connectivity index is 1.84. The lowest BCUT2D eigenvalue weighted by Gasteiger charge is -2.28. The molecule has 0 aliphatic heterocycles. The fourth-order valence-corrected chi connectivity index (χ4v) is 4.14. The number of carbonyl (C=O) groups is 1. The molecule has 0 saturated heterocycles. The molecule has 3 rings (SSSR count). The van der Waals surface area contributed by atoms with Crippen molar-refractivity contribution < 1.29 is 18.7 Å². The second-order valence-electron chi connectivity index (χ2n) is 11.2. The summed E-state index contributed by atoms with van der Waals surface area (Å²) in [6.07, 6.45) is 7.96. The number of nitrogens with zero attached hydrogens (tertiary/aromatic N) is 5. The number of hydrogen-bond donors (Lipinski definition) is 3. The molecule has 2 atom stereocenters. The highest BCUT2D eigenvalue weighted by Crippen LogP contribution is 2.36. The van der Waals surface area contributed by atoms with Gasteiger partial charge in [-0.15, -0.1) is 0 Å². The highest BCUT2D eigenvalue weighted by atomic mass is 19.1. The normalized spacial score (nSPS) is 14.8. The topological polar surface area (TPSA) is 146 Å². The molecular weight excluding hydrogens is 539 g/mol. The van der Waals surface area contributed by atoms with Crippen LogP contribution in [0, 0.1) is 23.1 Å². The summed E-state index contributed by atoms with van der Waals surface area (Å²) in [7, 11) is 1.66. The minimum Gasteiger partial charge on any atom is -0.477 e. The molecule has 2 aromatic heterocycles. The Hall–Kier alpha value is -4.27. The first-order valence-corrected chi connectivity index (χ1v) is 14.2. The molecule has 2 aromatic rings. The van der Waals surface area contributed by atoms with Crippen molar-refractivity contribution >= 4 is 35.8 Å². The largest absolute Gasteiger partial charge is 0.477 e. The van der Waals surface area contributed by atoms with E-state index in [-0.39, 0.29) is 35.2 Å². The molecule has 1 aliphatic carbocycles. The van der Waals surface area contributed by atoms with Crippen LogP contribution in [0.5, 0.6) is 5.88 Å². The van der Waals surface area contributed by atoms with Crippen LogP contribution in [0.1, 0.15) is 71.4 Å². The van der Waals surface area contributed by atoms with Crippen LogP contribution in [0.3, 0.4) is 0 Å². The lowest BCUT2D eigenvalue weighted by Crippen LogP contribution is -2.47. The van der Waals surface area contributed by atoms with Crippen LogP contribution >= 0.6 is 0 Å². The van der Waals surface area contributed by atoms with E-state index >= 15 is 4.39 Å². The summed E-state index contributed by atoms with van der Waals surface area (Å²) in [4.78, 5) is 29.5. The highest BCUT2D eigenvalue weighted by Gasteiger charge is 2.37. The average Bonchev–Trinajstić information content (AvgIpc) is 3.76. The fourth-order valence-electron chi connectivity index (χ4n) is 4.14. The molecule has 0 aromatic carbocycles. The van der Waals surface area contributed by atoms with Gasteiger partial charge in [0.25, 0.3) is 0 Å². The number of unbranched alkanes of at least 4 members (excludes halogenated alkanes) is 1. The second kappa shape index (κ2) is 15.1. The predicted molar refractivity (Wildman–Crippen MR) is 162 cm³/mol. The lowest BCUT2D eigenvalue weighted by molar-refractivity contribution is 0.0501. The van der Waals surface area contributed by atoms with Crippen molar-refractivity contribution in [2.45, 2.75) is 84.5 Å². The molecule has 2 heterocycles. The Bertz CT molecular complexity index is 1310. The van der Waals surface area contributed by atoms with E-state index in [0.29, 0.717) is 24.7 Å². The molecule has 42 heavy (non-hydrogen) atoms. The number of alkyl carbamates (subject to hydrolysis) is 1. The van der Waals surface area contributed by atoms with Gasteiger partial charge >= 0.3 is 6.09 Å². The van der Waals surface area contributed by atoms with Gasteiger partial charge in [0.1, 0.15) is 11.7 Å². The number of pyridine rings is 2. The molecule has 1 amide bonds. The van der Waals surface area contributed by atoms with E-state index in [0.717, 1.165) is 37.3 Å². The Morgan fingerprint density at radius 2 is 2.05 bits per heavy atom. The smallest absolute Gasteiger partial charge is 0.407 e. The first-order chi connectivity index (χ1) is 20.0. The Morgan fingerprint density at radius 3 is 2.69 bits per heavy atom. The van der Waals surface area contributed by atoms with Gasteiger partial charge in [0.2, 0.25) is 5.88 Å². The molecule has 3 N–H and O–H groups in total. The highest BCUT2D eigenvalue weighted by molar-refractivity contribution is 6.15. The Morgan fingerprint density at radius 1 is 1.29 bits per heavy atom. The van der Waals surface area contributed by atoms with Crippen molar-refractivity contribution in [2.24, 2.45) is 15.9 Å². The van der Waals surface area contributed by atoms with Crippen molar-refractivity contribution in [1.82, 2.24) is 15.3 Å². The zero-order chi connectivity index (χ0) is 30.7. The number of hydrogen-bond acceptors (Lipinski definition) is 10. The van der Waals surface area contributed by atoms with Gasteiger partial charge in [0.15, 0.2) is 17.5 Å². The van der Waals surface area contributed by atoms with Crippen LogP contribution < -0.4 is 20.7 Å². The van der Waals surface area contributed by atoms with Crippen LogP contribution in [0.15, 0.2) is 28.3 Å². The molecular formula is C30H41FN8O3. The summed E-state index contributed by atoms with van der Waals surface area (Å²) in [5, 5.41) is 18.8. The van der Waals surface area contributed by atoms with E-state index in [1.807, 2.05) is 19.1 Å². The SMILES string of the molecule is CCCCOc1ncc(Nc2nc(N[C@H](C3CC3)[C@H](C)NC(=O)OC(C)(C)C)c(F)cc2C#N)cc1CN=CC=NC. The van der Waals surface area contributed by atoms with Gasteiger partial charge < -0.3 is 25.4 Å². The van der Waals surface area contributed by atoms with Crippen molar-refractivity contribution in [3.05, 3.63) is 35.3 Å². The van der Waals surface area contributed by atoms with Crippen LogP contribution in [0.25, 0.3) is 0 Å².